The minimum absolute atomic E-state index is 0.162. The Kier molecular flexibility index (Phi) is 3.90. The molecular formula is C10H18N2O2S. The second-order valence-electron chi connectivity index (χ2n) is 3.88. The Hall–Kier alpha value is -0.840. The van der Waals surface area contributed by atoms with Crippen LogP contribution in [0.3, 0.4) is 0 Å². The van der Waals surface area contributed by atoms with Gasteiger partial charge in [0.15, 0.2) is 9.84 Å². The van der Waals surface area contributed by atoms with E-state index in [2.05, 4.69) is 5.10 Å². The van der Waals surface area contributed by atoms with Crippen molar-refractivity contribution in [3.05, 3.63) is 18.0 Å². The van der Waals surface area contributed by atoms with Gasteiger partial charge in [-0.2, -0.15) is 5.10 Å². The highest BCUT2D eigenvalue weighted by atomic mass is 32.2. The van der Waals surface area contributed by atoms with Crippen molar-refractivity contribution in [1.82, 2.24) is 9.78 Å². The summed E-state index contributed by atoms with van der Waals surface area (Å²) < 4.78 is 24.8. The van der Waals surface area contributed by atoms with E-state index in [1.807, 2.05) is 13.1 Å². The topological polar surface area (TPSA) is 52.0 Å². The lowest BCUT2D eigenvalue weighted by Crippen LogP contribution is -2.21. The van der Waals surface area contributed by atoms with Crippen molar-refractivity contribution in [3.8, 4) is 0 Å². The molecule has 0 spiro atoms. The minimum Gasteiger partial charge on any atom is -0.271 e. The van der Waals surface area contributed by atoms with E-state index < -0.39 is 9.84 Å². The third kappa shape index (κ3) is 3.34. The van der Waals surface area contributed by atoms with Crippen LogP contribution in [0.4, 0.5) is 0 Å². The van der Waals surface area contributed by atoms with Crippen molar-refractivity contribution in [2.24, 2.45) is 0 Å². The molecule has 86 valence electrons. The van der Waals surface area contributed by atoms with Gasteiger partial charge >= 0.3 is 0 Å². The highest BCUT2D eigenvalue weighted by Gasteiger charge is 2.15. The third-order valence-electron chi connectivity index (χ3n) is 2.42. The molecule has 1 aromatic heterocycles. The SMILES string of the molecule is CCc1cnn(CCS(=O)(=O)C(C)C)c1. The van der Waals surface area contributed by atoms with Gasteiger partial charge in [-0.05, 0) is 25.8 Å². The van der Waals surface area contributed by atoms with Gasteiger partial charge in [0.2, 0.25) is 0 Å². The maximum absolute atomic E-state index is 11.5. The van der Waals surface area contributed by atoms with Gasteiger partial charge in [0.25, 0.3) is 0 Å². The minimum atomic E-state index is -2.95. The van der Waals surface area contributed by atoms with Gasteiger partial charge in [-0.1, -0.05) is 6.92 Å². The molecule has 4 nitrogen and oxygen atoms in total. The van der Waals surface area contributed by atoms with Crippen molar-refractivity contribution in [3.63, 3.8) is 0 Å². The summed E-state index contributed by atoms with van der Waals surface area (Å²) in [6, 6.07) is 0. The van der Waals surface area contributed by atoms with Gasteiger partial charge in [-0.15, -0.1) is 0 Å². The standard InChI is InChI=1S/C10H18N2O2S/c1-4-10-7-11-12(8-10)5-6-15(13,14)9(2)3/h7-9H,4-6H2,1-3H3. The molecule has 0 N–H and O–H groups in total. The van der Waals surface area contributed by atoms with Crippen molar-refractivity contribution in [2.45, 2.75) is 39.0 Å². The first-order valence-corrected chi connectivity index (χ1v) is 6.90. The van der Waals surface area contributed by atoms with Crippen LogP contribution < -0.4 is 0 Å². The predicted octanol–water partition coefficient (Wildman–Crippen LogP) is 1.27. The van der Waals surface area contributed by atoms with E-state index in [4.69, 9.17) is 0 Å². The summed E-state index contributed by atoms with van der Waals surface area (Å²) in [5.41, 5.74) is 1.14. The molecule has 5 heteroatoms. The lowest BCUT2D eigenvalue weighted by atomic mass is 10.3. The molecule has 1 heterocycles. The van der Waals surface area contributed by atoms with Crippen LogP contribution in [0.5, 0.6) is 0 Å². The van der Waals surface area contributed by atoms with Crippen LogP contribution in [0.1, 0.15) is 26.3 Å². The summed E-state index contributed by atoms with van der Waals surface area (Å²) >= 11 is 0. The Morgan fingerprint density at radius 1 is 1.47 bits per heavy atom. The van der Waals surface area contributed by atoms with E-state index in [-0.39, 0.29) is 11.0 Å². The van der Waals surface area contributed by atoms with Gasteiger partial charge < -0.3 is 0 Å². The smallest absolute Gasteiger partial charge is 0.154 e. The number of aryl methyl sites for hydroxylation is 2. The lowest BCUT2D eigenvalue weighted by Gasteiger charge is -2.07. The second kappa shape index (κ2) is 4.79. The number of sulfone groups is 1. The van der Waals surface area contributed by atoms with Crippen LogP contribution in [-0.4, -0.2) is 29.2 Å². The van der Waals surface area contributed by atoms with Crippen molar-refractivity contribution >= 4 is 9.84 Å². The fourth-order valence-corrected chi connectivity index (χ4v) is 2.08. The first kappa shape index (κ1) is 12.2. The monoisotopic (exact) mass is 230 g/mol. The van der Waals surface area contributed by atoms with Gasteiger partial charge in [-0.25, -0.2) is 8.42 Å². The number of hydrogen-bond acceptors (Lipinski definition) is 3. The molecular weight excluding hydrogens is 212 g/mol. The van der Waals surface area contributed by atoms with Gasteiger partial charge in [0, 0.05) is 6.20 Å². The normalized spacial score (nSPS) is 12.3. The van der Waals surface area contributed by atoms with Crippen molar-refractivity contribution in [2.75, 3.05) is 5.75 Å². The molecule has 0 radical (unpaired) electrons. The Morgan fingerprint density at radius 2 is 2.13 bits per heavy atom. The average molecular weight is 230 g/mol. The highest BCUT2D eigenvalue weighted by molar-refractivity contribution is 7.91. The first-order valence-electron chi connectivity index (χ1n) is 5.18. The molecule has 0 unspecified atom stereocenters. The zero-order chi connectivity index (χ0) is 11.5. The predicted molar refractivity (Wildman–Crippen MR) is 60.5 cm³/mol. The molecule has 15 heavy (non-hydrogen) atoms. The zero-order valence-corrected chi connectivity index (χ0v) is 10.3. The summed E-state index contributed by atoms with van der Waals surface area (Å²) in [4.78, 5) is 0. The molecule has 1 aromatic rings. The number of hydrogen-bond donors (Lipinski definition) is 0. The molecule has 0 aromatic carbocycles. The molecule has 0 aliphatic carbocycles. The summed E-state index contributed by atoms with van der Waals surface area (Å²) in [5.74, 6) is 0.162. The van der Waals surface area contributed by atoms with E-state index >= 15 is 0 Å². The maximum Gasteiger partial charge on any atom is 0.154 e. The van der Waals surface area contributed by atoms with Crippen LogP contribution >= 0.6 is 0 Å². The lowest BCUT2D eigenvalue weighted by molar-refractivity contribution is 0.572. The second-order valence-corrected chi connectivity index (χ2v) is 6.56. The number of aromatic nitrogens is 2. The zero-order valence-electron chi connectivity index (χ0n) is 9.47. The Balaban J connectivity index is 2.58. The first-order chi connectivity index (χ1) is 6.95. The van der Waals surface area contributed by atoms with Crippen molar-refractivity contribution < 1.29 is 8.42 Å². The van der Waals surface area contributed by atoms with Crippen LogP contribution in [-0.2, 0) is 22.8 Å². The van der Waals surface area contributed by atoms with Crippen LogP contribution in [0.25, 0.3) is 0 Å². The quantitative estimate of drug-likeness (QED) is 0.765. The fraction of sp³-hybridized carbons (Fsp3) is 0.700. The molecule has 0 aliphatic rings. The molecule has 0 bridgehead atoms. The molecule has 0 amide bonds. The molecule has 0 saturated heterocycles. The number of nitrogens with zero attached hydrogens (tertiary/aromatic N) is 2. The van der Waals surface area contributed by atoms with Gasteiger partial charge in [-0.3, -0.25) is 4.68 Å². The third-order valence-corrected chi connectivity index (χ3v) is 4.61. The van der Waals surface area contributed by atoms with Crippen LogP contribution in [0.15, 0.2) is 12.4 Å². The van der Waals surface area contributed by atoms with E-state index in [1.165, 1.54) is 0 Å². The van der Waals surface area contributed by atoms with Crippen LogP contribution in [0, 0.1) is 0 Å². The molecule has 1 rings (SSSR count). The number of rotatable bonds is 5. The Labute approximate surface area is 91.2 Å². The maximum atomic E-state index is 11.5. The largest absolute Gasteiger partial charge is 0.271 e. The Morgan fingerprint density at radius 3 is 2.60 bits per heavy atom. The summed E-state index contributed by atoms with van der Waals surface area (Å²) in [6.45, 7) is 5.90. The van der Waals surface area contributed by atoms with E-state index in [0.29, 0.717) is 6.54 Å². The highest BCUT2D eigenvalue weighted by Crippen LogP contribution is 2.03. The molecule has 0 fully saturated rings. The molecule has 0 atom stereocenters. The van der Waals surface area contributed by atoms with Crippen molar-refractivity contribution in [1.29, 1.82) is 0 Å². The molecule has 0 saturated carbocycles. The summed E-state index contributed by atoms with van der Waals surface area (Å²) in [5, 5.41) is 3.79. The fourth-order valence-electron chi connectivity index (χ4n) is 1.17. The van der Waals surface area contributed by atoms with E-state index in [0.717, 1.165) is 12.0 Å². The average Bonchev–Trinajstić information content (AvgIpc) is 2.62. The van der Waals surface area contributed by atoms with Crippen LogP contribution in [0.2, 0.25) is 0 Å². The Bertz CT molecular complexity index is 407. The van der Waals surface area contributed by atoms with Gasteiger partial charge in [0.1, 0.15) is 0 Å². The molecule has 0 aliphatic heterocycles. The summed E-state index contributed by atoms with van der Waals surface area (Å²) in [6.07, 6.45) is 4.61. The van der Waals surface area contributed by atoms with Gasteiger partial charge in [0.05, 0.1) is 23.7 Å². The summed E-state index contributed by atoms with van der Waals surface area (Å²) in [7, 11) is -2.95. The van der Waals surface area contributed by atoms with E-state index in [1.54, 1.807) is 24.7 Å². The van der Waals surface area contributed by atoms with E-state index in [9.17, 15) is 8.42 Å².